The molecular weight excluding hydrogens is 314 g/mol. The number of methoxy groups -OCH3 is 1. The van der Waals surface area contributed by atoms with Gasteiger partial charge in [0.2, 0.25) is 5.88 Å². The number of hydrogen-bond donors (Lipinski definition) is 0. The van der Waals surface area contributed by atoms with Crippen LogP contribution in [-0.4, -0.2) is 28.1 Å². The molecule has 1 heterocycles. The van der Waals surface area contributed by atoms with Crippen molar-refractivity contribution in [1.82, 2.24) is 15.4 Å². The third-order valence-electron chi connectivity index (χ3n) is 4.83. The summed E-state index contributed by atoms with van der Waals surface area (Å²) in [4.78, 5) is 0. The minimum Gasteiger partial charge on any atom is -0.487 e. The molecule has 1 aromatic carbocycles. The number of hydrogen-bond acceptors (Lipinski definition) is 5. The Labute approximate surface area is 150 Å². The molecule has 0 amide bonds. The maximum Gasteiger partial charge on any atom is 0.244 e. The van der Waals surface area contributed by atoms with E-state index in [4.69, 9.17) is 9.47 Å². The standard InChI is InChI=1S/C20H29N3O2/c1-5-8-11-14-20(6-2,7-3)25-18-13-10-9-12-16(18)17-15-21-23-22-19(17)24-4/h9-10,12-13,15H,5-8,11,14H2,1-4H3. The van der Waals surface area contributed by atoms with E-state index in [9.17, 15) is 0 Å². The maximum absolute atomic E-state index is 6.60. The summed E-state index contributed by atoms with van der Waals surface area (Å²) < 4.78 is 11.9. The number of ether oxygens (including phenoxy) is 2. The van der Waals surface area contributed by atoms with Crippen LogP contribution in [0.25, 0.3) is 11.1 Å². The van der Waals surface area contributed by atoms with E-state index < -0.39 is 0 Å². The number of aromatic nitrogens is 3. The first-order valence-corrected chi connectivity index (χ1v) is 9.20. The minimum atomic E-state index is -0.146. The molecule has 0 atom stereocenters. The van der Waals surface area contributed by atoms with E-state index in [1.54, 1.807) is 13.3 Å². The Balaban J connectivity index is 2.36. The van der Waals surface area contributed by atoms with Crippen molar-refractivity contribution in [2.75, 3.05) is 7.11 Å². The fourth-order valence-corrected chi connectivity index (χ4v) is 3.10. The Kier molecular flexibility index (Phi) is 7.16. The van der Waals surface area contributed by atoms with E-state index >= 15 is 0 Å². The average Bonchev–Trinajstić information content (AvgIpc) is 2.67. The molecule has 0 radical (unpaired) electrons. The number of rotatable bonds is 10. The highest BCUT2D eigenvalue weighted by molar-refractivity contribution is 5.73. The molecule has 136 valence electrons. The van der Waals surface area contributed by atoms with Crippen molar-refractivity contribution in [1.29, 1.82) is 0 Å². The summed E-state index contributed by atoms with van der Waals surface area (Å²) >= 11 is 0. The third-order valence-corrected chi connectivity index (χ3v) is 4.83. The molecule has 0 saturated heterocycles. The highest BCUT2D eigenvalue weighted by atomic mass is 16.5. The average molecular weight is 343 g/mol. The second-order valence-electron chi connectivity index (χ2n) is 6.30. The number of nitrogens with zero attached hydrogens (tertiary/aromatic N) is 3. The zero-order valence-electron chi connectivity index (χ0n) is 15.8. The quantitative estimate of drug-likeness (QED) is 0.564. The third kappa shape index (κ3) is 4.68. The zero-order valence-corrected chi connectivity index (χ0v) is 15.8. The SMILES string of the molecule is CCCCCC(CC)(CC)Oc1ccccc1-c1cnnnc1OC. The fourth-order valence-electron chi connectivity index (χ4n) is 3.10. The molecule has 0 unspecified atom stereocenters. The summed E-state index contributed by atoms with van der Waals surface area (Å²) in [5.74, 6) is 1.30. The van der Waals surface area contributed by atoms with E-state index in [-0.39, 0.29) is 5.60 Å². The van der Waals surface area contributed by atoms with Crippen LogP contribution in [0.3, 0.4) is 0 Å². The van der Waals surface area contributed by atoms with Crippen molar-refractivity contribution in [3.8, 4) is 22.8 Å². The van der Waals surface area contributed by atoms with E-state index in [1.807, 2.05) is 24.3 Å². The van der Waals surface area contributed by atoms with Gasteiger partial charge in [-0.3, -0.25) is 0 Å². The van der Waals surface area contributed by atoms with Gasteiger partial charge in [0.15, 0.2) is 0 Å². The first kappa shape index (κ1) is 19.2. The van der Waals surface area contributed by atoms with Gasteiger partial charge in [0.1, 0.15) is 11.4 Å². The Morgan fingerprint density at radius 2 is 1.76 bits per heavy atom. The molecule has 1 aromatic heterocycles. The summed E-state index contributed by atoms with van der Waals surface area (Å²) in [5.41, 5.74) is 1.58. The van der Waals surface area contributed by atoms with E-state index in [1.165, 1.54) is 19.3 Å². The molecule has 0 aliphatic carbocycles. The largest absolute Gasteiger partial charge is 0.487 e. The zero-order chi connectivity index (χ0) is 18.1. The first-order chi connectivity index (χ1) is 12.2. The highest BCUT2D eigenvalue weighted by Crippen LogP contribution is 2.38. The van der Waals surface area contributed by atoms with Crippen molar-refractivity contribution >= 4 is 0 Å². The summed E-state index contributed by atoms with van der Waals surface area (Å²) in [6, 6.07) is 8.00. The van der Waals surface area contributed by atoms with Crippen LogP contribution < -0.4 is 9.47 Å². The van der Waals surface area contributed by atoms with Crippen molar-refractivity contribution in [3.05, 3.63) is 30.5 Å². The molecule has 5 heteroatoms. The predicted octanol–water partition coefficient (Wildman–Crippen LogP) is 5.07. The first-order valence-electron chi connectivity index (χ1n) is 9.20. The van der Waals surface area contributed by atoms with Crippen molar-refractivity contribution in [2.24, 2.45) is 0 Å². The topological polar surface area (TPSA) is 57.1 Å². The Morgan fingerprint density at radius 3 is 2.44 bits per heavy atom. The summed E-state index contributed by atoms with van der Waals surface area (Å²) in [7, 11) is 1.59. The molecule has 0 aliphatic heterocycles. The van der Waals surface area contributed by atoms with Gasteiger partial charge in [0.25, 0.3) is 0 Å². The van der Waals surface area contributed by atoms with Crippen LogP contribution in [-0.2, 0) is 0 Å². The maximum atomic E-state index is 6.60. The van der Waals surface area contributed by atoms with Crippen LogP contribution in [0.1, 0.15) is 59.3 Å². The lowest BCUT2D eigenvalue weighted by Crippen LogP contribution is -2.34. The van der Waals surface area contributed by atoms with Crippen LogP contribution >= 0.6 is 0 Å². The van der Waals surface area contributed by atoms with Gasteiger partial charge in [-0.05, 0) is 37.0 Å². The molecule has 0 aliphatic rings. The molecule has 0 spiro atoms. The normalized spacial score (nSPS) is 11.4. The van der Waals surface area contributed by atoms with Crippen molar-refractivity contribution < 1.29 is 9.47 Å². The van der Waals surface area contributed by atoms with Gasteiger partial charge in [0.05, 0.1) is 18.9 Å². The van der Waals surface area contributed by atoms with E-state index in [0.29, 0.717) is 5.88 Å². The Bertz CT molecular complexity index is 657. The van der Waals surface area contributed by atoms with Gasteiger partial charge in [-0.1, -0.05) is 56.9 Å². The fraction of sp³-hybridized carbons (Fsp3) is 0.550. The smallest absolute Gasteiger partial charge is 0.244 e. The van der Waals surface area contributed by atoms with Gasteiger partial charge in [-0.15, -0.1) is 5.10 Å². The summed E-state index contributed by atoms with van der Waals surface area (Å²) in [6.45, 7) is 6.63. The Morgan fingerprint density at radius 1 is 1.00 bits per heavy atom. The van der Waals surface area contributed by atoms with E-state index in [2.05, 4.69) is 36.2 Å². The second-order valence-corrected chi connectivity index (χ2v) is 6.30. The number of unbranched alkanes of at least 4 members (excludes halogenated alkanes) is 2. The highest BCUT2D eigenvalue weighted by Gasteiger charge is 2.29. The molecule has 0 saturated carbocycles. The van der Waals surface area contributed by atoms with Gasteiger partial charge < -0.3 is 9.47 Å². The van der Waals surface area contributed by atoms with Gasteiger partial charge in [-0.2, -0.15) is 0 Å². The lowest BCUT2D eigenvalue weighted by atomic mass is 9.90. The van der Waals surface area contributed by atoms with Crippen LogP contribution in [0.4, 0.5) is 0 Å². The summed E-state index contributed by atoms with van der Waals surface area (Å²) in [5, 5.41) is 11.5. The van der Waals surface area contributed by atoms with Crippen LogP contribution in [0, 0.1) is 0 Å². The number of benzene rings is 1. The molecule has 25 heavy (non-hydrogen) atoms. The molecule has 5 nitrogen and oxygen atoms in total. The molecule has 0 bridgehead atoms. The summed E-state index contributed by atoms with van der Waals surface area (Å²) in [6.07, 6.45) is 8.32. The Hall–Kier alpha value is -2.17. The van der Waals surface area contributed by atoms with Crippen LogP contribution in [0.15, 0.2) is 30.5 Å². The lowest BCUT2D eigenvalue weighted by Gasteiger charge is -2.34. The second kappa shape index (κ2) is 9.35. The molecule has 0 N–H and O–H groups in total. The van der Waals surface area contributed by atoms with Crippen LogP contribution in [0.5, 0.6) is 11.6 Å². The van der Waals surface area contributed by atoms with E-state index in [0.717, 1.165) is 36.1 Å². The van der Waals surface area contributed by atoms with Crippen molar-refractivity contribution in [2.45, 2.75) is 64.9 Å². The van der Waals surface area contributed by atoms with Crippen LogP contribution in [0.2, 0.25) is 0 Å². The monoisotopic (exact) mass is 343 g/mol. The van der Waals surface area contributed by atoms with Crippen molar-refractivity contribution in [3.63, 3.8) is 0 Å². The molecule has 2 aromatic rings. The van der Waals surface area contributed by atoms with Gasteiger partial charge in [-0.25, -0.2) is 0 Å². The number of para-hydroxylation sites is 1. The lowest BCUT2D eigenvalue weighted by molar-refractivity contribution is 0.0490. The molecular formula is C20H29N3O2. The molecule has 2 rings (SSSR count). The molecule has 0 fully saturated rings. The van der Waals surface area contributed by atoms with Gasteiger partial charge in [0, 0.05) is 5.56 Å². The van der Waals surface area contributed by atoms with Gasteiger partial charge >= 0.3 is 0 Å². The predicted molar refractivity (Wildman–Crippen MR) is 99.9 cm³/mol. The minimum absolute atomic E-state index is 0.146.